The molecule has 0 aromatic carbocycles. The fourth-order valence-electron chi connectivity index (χ4n) is 2.25. The van der Waals surface area contributed by atoms with Gasteiger partial charge in [0.1, 0.15) is 5.56 Å². The van der Waals surface area contributed by atoms with Gasteiger partial charge >= 0.3 is 5.97 Å². The maximum Gasteiger partial charge on any atom is 0.338 e. The quantitative estimate of drug-likeness (QED) is 0.852. The number of piperidine rings is 1. The summed E-state index contributed by atoms with van der Waals surface area (Å²) in [6.45, 7) is 3.53. The molecule has 6 heteroatoms. The maximum atomic E-state index is 13.8. The third-order valence-electron chi connectivity index (χ3n) is 3.29. The van der Waals surface area contributed by atoms with Crippen LogP contribution in [0, 0.1) is 5.82 Å². The summed E-state index contributed by atoms with van der Waals surface area (Å²) in [5.74, 6) is -2.07. The molecule has 1 fully saturated rings. The van der Waals surface area contributed by atoms with Gasteiger partial charge in [0.2, 0.25) is 0 Å². The molecule has 0 saturated carbocycles. The largest absolute Gasteiger partial charge is 0.478 e. The fourth-order valence-corrected chi connectivity index (χ4v) is 2.25. The van der Waals surface area contributed by atoms with Gasteiger partial charge in [0.05, 0.1) is 0 Å². The summed E-state index contributed by atoms with van der Waals surface area (Å²) in [6.07, 6.45) is 5.00. The summed E-state index contributed by atoms with van der Waals surface area (Å²) in [6, 6.07) is 1.16. The number of hydrogen-bond donors (Lipinski definition) is 2. The van der Waals surface area contributed by atoms with Crippen LogP contribution in [0.2, 0.25) is 0 Å². The molecule has 19 heavy (non-hydrogen) atoms. The Kier molecular flexibility index (Phi) is 4.68. The van der Waals surface area contributed by atoms with E-state index in [1.165, 1.54) is 25.5 Å². The van der Waals surface area contributed by atoms with Gasteiger partial charge < -0.3 is 15.3 Å². The second kappa shape index (κ2) is 6.47. The van der Waals surface area contributed by atoms with E-state index in [9.17, 15) is 9.18 Å². The Bertz CT molecular complexity index is 448. The van der Waals surface area contributed by atoms with Gasteiger partial charge in [0.25, 0.3) is 0 Å². The number of halogens is 1. The minimum absolute atomic E-state index is 0.0110. The first-order valence-electron chi connectivity index (χ1n) is 6.52. The van der Waals surface area contributed by atoms with E-state index in [0.717, 1.165) is 25.7 Å². The van der Waals surface area contributed by atoms with Gasteiger partial charge in [-0.05, 0) is 32.0 Å². The molecule has 104 valence electrons. The molecule has 2 heterocycles. The van der Waals surface area contributed by atoms with Crippen LogP contribution in [0.3, 0.4) is 0 Å². The van der Waals surface area contributed by atoms with Crippen molar-refractivity contribution in [3.05, 3.63) is 23.6 Å². The highest BCUT2D eigenvalue weighted by atomic mass is 19.1. The second-order valence-corrected chi connectivity index (χ2v) is 4.66. The van der Waals surface area contributed by atoms with Crippen molar-refractivity contribution in [2.75, 3.05) is 31.5 Å². The Balaban J connectivity index is 1.88. The van der Waals surface area contributed by atoms with E-state index < -0.39 is 11.8 Å². The average Bonchev–Trinajstić information content (AvgIpc) is 2.41. The van der Waals surface area contributed by atoms with Gasteiger partial charge in [-0.1, -0.05) is 6.42 Å². The first-order chi connectivity index (χ1) is 9.18. The summed E-state index contributed by atoms with van der Waals surface area (Å²) >= 11 is 0. The third kappa shape index (κ3) is 3.64. The Morgan fingerprint density at radius 1 is 1.42 bits per heavy atom. The highest BCUT2D eigenvalue weighted by Crippen LogP contribution is 2.15. The van der Waals surface area contributed by atoms with Crippen LogP contribution in [0.5, 0.6) is 0 Å². The number of likely N-dealkylation sites (tertiary alicyclic amines) is 1. The molecule has 0 aliphatic carbocycles. The normalized spacial score (nSPS) is 16.3. The summed E-state index contributed by atoms with van der Waals surface area (Å²) in [5.41, 5.74) is -0.351. The minimum atomic E-state index is -1.28. The van der Waals surface area contributed by atoms with Crippen molar-refractivity contribution < 1.29 is 14.3 Å². The van der Waals surface area contributed by atoms with Crippen LogP contribution in [0.15, 0.2) is 12.3 Å². The number of carbonyl (C=O) groups is 1. The predicted molar refractivity (Wildman–Crippen MR) is 69.9 cm³/mol. The average molecular weight is 267 g/mol. The third-order valence-corrected chi connectivity index (χ3v) is 3.29. The molecule has 2 N–H and O–H groups in total. The zero-order chi connectivity index (χ0) is 13.7. The lowest BCUT2D eigenvalue weighted by Gasteiger charge is -2.26. The summed E-state index contributed by atoms with van der Waals surface area (Å²) in [7, 11) is 0. The van der Waals surface area contributed by atoms with Gasteiger partial charge in [0.15, 0.2) is 11.6 Å². The number of pyridine rings is 1. The lowest BCUT2D eigenvalue weighted by atomic mass is 10.1. The number of aromatic nitrogens is 1. The van der Waals surface area contributed by atoms with E-state index in [0.29, 0.717) is 6.54 Å². The van der Waals surface area contributed by atoms with E-state index in [-0.39, 0.29) is 11.4 Å². The van der Waals surface area contributed by atoms with Crippen LogP contribution >= 0.6 is 0 Å². The molecule has 0 atom stereocenters. The Morgan fingerprint density at radius 2 is 2.16 bits per heavy atom. The van der Waals surface area contributed by atoms with Crippen molar-refractivity contribution in [3.63, 3.8) is 0 Å². The van der Waals surface area contributed by atoms with Crippen LogP contribution in [-0.2, 0) is 0 Å². The van der Waals surface area contributed by atoms with Crippen molar-refractivity contribution in [1.29, 1.82) is 0 Å². The molecule has 5 nitrogen and oxygen atoms in total. The molecule has 0 radical (unpaired) electrons. The maximum absolute atomic E-state index is 13.8. The molecule has 0 spiro atoms. The first kappa shape index (κ1) is 13.7. The zero-order valence-corrected chi connectivity index (χ0v) is 10.7. The Hall–Kier alpha value is -1.69. The molecule has 0 amide bonds. The Morgan fingerprint density at radius 3 is 2.84 bits per heavy atom. The van der Waals surface area contributed by atoms with Crippen molar-refractivity contribution in [1.82, 2.24) is 9.88 Å². The van der Waals surface area contributed by atoms with Crippen LogP contribution in [0.25, 0.3) is 0 Å². The van der Waals surface area contributed by atoms with Gasteiger partial charge in [-0.25, -0.2) is 14.2 Å². The number of carboxylic acids is 1. The van der Waals surface area contributed by atoms with Gasteiger partial charge in [0, 0.05) is 19.3 Å². The van der Waals surface area contributed by atoms with E-state index >= 15 is 0 Å². The number of anilines is 1. The molecular weight excluding hydrogens is 249 g/mol. The molecular formula is C13H18FN3O2. The lowest BCUT2D eigenvalue weighted by Crippen LogP contribution is -2.33. The van der Waals surface area contributed by atoms with Gasteiger partial charge in [-0.3, -0.25) is 0 Å². The molecule has 0 unspecified atom stereocenters. The topological polar surface area (TPSA) is 65.5 Å². The zero-order valence-electron chi connectivity index (χ0n) is 10.7. The molecule has 1 saturated heterocycles. The highest BCUT2D eigenvalue weighted by Gasteiger charge is 2.15. The number of aromatic carboxylic acids is 1. The molecule has 2 rings (SSSR count). The van der Waals surface area contributed by atoms with Crippen LogP contribution in [0.4, 0.5) is 10.2 Å². The SMILES string of the molecule is O=C(O)c1ccnc(NCCN2CCCCC2)c1F. The van der Waals surface area contributed by atoms with Crippen molar-refractivity contribution in [3.8, 4) is 0 Å². The van der Waals surface area contributed by atoms with Gasteiger partial charge in [-0.15, -0.1) is 0 Å². The van der Waals surface area contributed by atoms with Crippen molar-refractivity contribution in [2.24, 2.45) is 0 Å². The molecule has 1 aromatic heterocycles. The van der Waals surface area contributed by atoms with E-state index in [4.69, 9.17) is 5.11 Å². The highest BCUT2D eigenvalue weighted by molar-refractivity contribution is 5.88. The Labute approximate surface area is 111 Å². The van der Waals surface area contributed by atoms with Crippen LogP contribution in [-0.4, -0.2) is 47.1 Å². The number of rotatable bonds is 5. The first-order valence-corrected chi connectivity index (χ1v) is 6.52. The lowest BCUT2D eigenvalue weighted by molar-refractivity contribution is 0.0692. The molecule has 0 bridgehead atoms. The molecule has 1 aliphatic rings. The fraction of sp³-hybridized carbons (Fsp3) is 0.538. The number of nitrogens with zero attached hydrogens (tertiary/aromatic N) is 2. The number of hydrogen-bond acceptors (Lipinski definition) is 4. The summed E-state index contributed by atoms with van der Waals surface area (Å²) < 4.78 is 13.8. The van der Waals surface area contributed by atoms with Crippen molar-refractivity contribution in [2.45, 2.75) is 19.3 Å². The monoisotopic (exact) mass is 267 g/mol. The standard InChI is InChI=1S/C13H18FN3O2/c14-11-10(13(18)19)4-5-15-12(11)16-6-9-17-7-2-1-3-8-17/h4-5H,1-3,6-9H2,(H,15,16)(H,18,19). The van der Waals surface area contributed by atoms with E-state index in [1.807, 2.05) is 0 Å². The molecule has 1 aliphatic heterocycles. The van der Waals surface area contributed by atoms with Crippen LogP contribution in [0.1, 0.15) is 29.6 Å². The minimum Gasteiger partial charge on any atom is -0.478 e. The van der Waals surface area contributed by atoms with E-state index in [1.54, 1.807) is 0 Å². The van der Waals surface area contributed by atoms with E-state index in [2.05, 4.69) is 15.2 Å². The number of carboxylic acid groups (broad SMARTS) is 1. The van der Waals surface area contributed by atoms with Crippen LogP contribution < -0.4 is 5.32 Å². The smallest absolute Gasteiger partial charge is 0.338 e. The second-order valence-electron chi connectivity index (χ2n) is 4.66. The number of nitrogens with one attached hydrogen (secondary N) is 1. The molecule has 1 aromatic rings. The summed E-state index contributed by atoms with van der Waals surface area (Å²) in [4.78, 5) is 16.9. The predicted octanol–water partition coefficient (Wildman–Crippen LogP) is 1.82. The van der Waals surface area contributed by atoms with Gasteiger partial charge in [-0.2, -0.15) is 0 Å². The van der Waals surface area contributed by atoms with Crippen molar-refractivity contribution >= 4 is 11.8 Å². The summed E-state index contributed by atoms with van der Waals surface area (Å²) in [5, 5.41) is 11.7.